The maximum atomic E-state index is 14.3. The van der Waals surface area contributed by atoms with E-state index >= 15 is 0 Å². The molecule has 0 radical (unpaired) electrons. The van der Waals surface area contributed by atoms with E-state index in [9.17, 15) is 23.3 Å². The zero-order valence-corrected chi connectivity index (χ0v) is 20.3. The Morgan fingerprint density at radius 2 is 1.88 bits per heavy atom. The lowest BCUT2D eigenvalue weighted by Gasteiger charge is -2.26. The van der Waals surface area contributed by atoms with Crippen molar-refractivity contribution in [3.8, 4) is 0 Å². The molecule has 10 nitrogen and oxygen atoms in total. The van der Waals surface area contributed by atoms with Crippen LogP contribution in [0.2, 0.25) is 5.02 Å². The number of carbonyl (C=O) groups excluding carboxylic acids is 1. The number of nitrogens with zero attached hydrogens (tertiary/aromatic N) is 2. The first-order valence-corrected chi connectivity index (χ1v) is 12.7. The van der Waals surface area contributed by atoms with E-state index < -0.39 is 49.2 Å². The summed E-state index contributed by atoms with van der Waals surface area (Å²) in [6, 6.07) is 5.95. The van der Waals surface area contributed by atoms with Crippen LogP contribution in [0, 0.1) is 5.82 Å². The van der Waals surface area contributed by atoms with Crippen molar-refractivity contribution >= 4 is 25.2 Å². The van der Waals surface area contributed by atoms with Gasteiger partial charge in [-0.25, -0.2) is 9.36 Å². The molecule has 0 amide bonds. The average Bonchev–Trinajstić information content (AvgIpc) is 3.33. The minimum atomic E-state index is -4.04. The van der Waals surface area contributed by atoms with Crippen LogP contribution in [-0.2, 0) is 34.4 Å². The van der Waals surface area contributed by atoms with E-state index in [2.05, 4.69) is 0 Å². The Morgan fingerprint density at radius 3 is 2.44 bits per heavy atom. The zero-order chi connectivity index (χ0) is 24.9. The van der Waals surface area contributed by atoms with Gasteiger partial charge in [-0.3, -0.25) is 18.7 Å². The van der Waals surface area contributed by atoms with Gasteiger partial charge in [-0.1, -0.05) is 23.7 Å². The Labute approximate surface area is 199 Å². The maximum absolute atomic E-state index is 14.3. The zero-order valence-electron chi connectivity index (χ0n) is 18.6. The highest BCUT2D eigenvalue weighted by molar-refractivity contribution is 7.54. The molecule has 2 aromatic rings. The molecule has 0 bridgehead atoms. The lowest BCUT2D eigenvalue weighted by molar-refractivity contribution is -0.147. The maximum Gasteiger partial charge on any atom is 0.375 e. The number of rotatable bonds is 10. The number of esters is 1. The Balaban J connectivity index is 1.95. The molecule has 1 saturated heterocycles. The molecule has 1 aliphatic heterocycles. The molecule has 0 N–H and O–H groups in total. The molecule has 3 rings (SSSR count). The molecule has 1 aliphatic rings. The summed E-state index contributed by atoms with van der Waals surface area (Å²) in [5.41, 5.74) is -1.97. The summed E-state index contributed by atoms with van der Waals surface area (Å²) >= 11 is 5.92. The van der Waals surface area contributed by atoms with Crippen LogP contribution >= 0.6 is 19.2 Å². The minimum Gasteiger partial charge on any atom is -0.443 e. The Kier molecular flexibility index (Phi) is 8.83. The molecule has 1 aromatic heterocycles. The fourth-order valence-electron chi connectivity index (χ4n) is 3.48. The van der Waals surface area contributed by atoms with Gasteiger partial charge in [0.2, 0.25) is 11.7 Å². The second kappa shape index (κ2) is 11.4. The monoisotopic (exact) mass is 518 g/mol. The van der Waals surface area contributed by atoms with Gasteiger partial charge in [0.05, 0.1) is 19.4 Å². The molecule has 1 aromatic carbocycles. The molecule has 2 atom stereocenters. The number of hydrogen-bond acceptors (Lipinski definition) is 8. The average molecular weight is 519 g/mol. The van der Waals surface area contributed by atoms with Crippen LogP contribution in [0.4, 0.5) is 4.39 Å². The van der Waals surface area contributed by atoms with E-state index in [1.54, 1.807) is 13.8 Å². The quantitative estimate of drug-likeness (QED) is 0.346. The molecule has 186 valence electrons. The van der Waals surface area contributed by atoms with Gasteiger partial charge >= 0.3 is 19.3 Å². The molecule has 0 aliphatic carbocycles. The van der Waals surface area contributed by atoms with Crippen molar-refractivity contribution in [3.63, 3.8) is 0 Å². The summed E-state index contributed by atoms with van der Waals surface area (Å²) in [4.78, 5) is 37.9. The minimum absolute atomic E-state index is 0.00559. The number of hydrogen-bond donors (Lipinski definition) is 0. The summed E-state index contributed by atoms with van der Waals surface area (Å²) in [6.07, 6.45) is 1.12. The van der Waals surface area contributed by atoms with Crippen molar-refractivity contribution in [1.29, 1.82) is 0 Å². The van der Waals surface area contributed by atoms with Gasteiger partial charge in [-0.15, -0.1) is 0 Å². The van der Waals surface area contributed by atoms with E-state index in [0.717, 1.165) is 10.8 Å². The number of benzene rings is 1. The molecule has 0 spiro atoms. The summed E-state index contributed by atoms with van der Waals surface area (Å²) in [5.74, 6) is -3.86. The van der Waals surface area contributed by atoms with Gasteiger partial charge in [-0.05, 0) is 38.8 Å². The van der Waals surface area contributed by atoms with Crippen LogP contribution in [0.1, 0.15) is 44.3 Å². The van der Waals surface area contributed by atoms with Crippen molar-refractivity contribution in [2.45, 2.75) is 45.3 Å². The van der Waals surface area contributed by atoms with Gasteiger partial charge in [0.25, 0.3) is 5.56 Å². The largest absolute Gasteiger partial charge is 0.443 e. The Hall–Kier alpha value is -2.30. The van der Waals surface area contributed by atoms with E-state index in [-0.39, 0.29) is 18.8 Å². The lowest BCUT2D eigenvalue weighted by atomic mass is 10.2. The number of aromatic nitrogens is 2. The highest BCUT2D eigenvalue weighted by atomic mass is 35.5. The summed E-state index contributed by atoms with van der Waals surface area (Å²) < 4.78 is 50.5. The van der Waals surface area contributed by atoms with Crippen LogP contribution in [0.15, 0.2) is 40.1 Å². The molecular formula is C21H25ClFN2O8P. The van der Waals surface area contributed by atoms with Gasteiger partial charge in [0.15, 0.2) is 0 Å². The van der Waals surface area contributed by atoms with Crippen molar-refractivity contribution in [2.24, 2.45) is 0 Å². The molecule has 2 heterocycles. The van der Waals surface area contributed by atoms with Gasteiger partial charge in [0, 0.05) is 17.2 Å². The molecule has 13 heteroatoms. The fourth-order valence-corrected chi connectivity index (χ4v) is 5.45. The third-order valence-electron chi connectivity index (χ3n) is 4.96. The van der Waals surface area contributed by atoms with Crippen LogP contribution < -0.4 is 11.2 Å². The first-order valence-electron chi connectivity index (χ1n) is 10.7. The molecule has 1 unspecified atom stereocenters. The number of ether oxygens (including phenoxy) is 2. The summed E-state index contributed by atoms with van der Waals surface area (Å²) in [6.45, 7) is 2.62. The van der Waals surface area contributed by atoms with E-state index in [1.165, 1.54) is 24.3 Å². The van der Waals surface area contributed by atoms with Crippen LogP contribution in [0.3, 0.4) is 0 Å². The highest BCUT2D eigenvalue weighted by Crippen LogP contribution is 2.61. The number of halogens is 2. The third-order valence-corrected chi connectivity index (χ3v) is 7.43. The molecular weight excluding hydrogens is 494 g/mol. The van der Waals surface area contributed by atoms with E-state index in [4.69, 9.17) is 30.1 Å². The predicted octanol–water partition coefficient (Wildman–Crippen LogP) is 3.62. The molecule has 34 heavy (non-hydrogen) atoms. The SMILES string of the molecule is CCOP(=O)(OCC)C(OC(=O)Cn1c(=O)c(F)cn([C@H]2CCCO2)c1=O)c1ccc(Cl)cc1. The third kappa shape index (κ3) is 5.84. The van der Waals surface area contributed by atoms with E-state index in [0.29, 0.717) is 29.0 Å². The standard InChI is InChI=1S/C21H25ClFN2O8P/c1-3-31-34(29,32-4-2)20(14-7-9-15(22)10-8-14)33-18(26)13-25-19(27)16(23)12-24(21(25)28)17-6-5-11-30-17/h7-10,12,17,20H,3-6,11,13H2,1-2H3/t17-,20?/m1/s1. The van der Waals surface area contributed by atoms with Crippen molar-refractivity contribution < 1.29 is 32.3 Å². The highest BCUT2D eigenvalue weighted by Gasteiger charge is 2.40. The Bertz CT molecular complexity index is 1170. The summed E-state index contributed by atoms with van der Waals surface area (Å²) in [5, 5.41) is 0.387. The molecule has 1 fully saturated rings. The smallest absolute Gasteiger partial charge is 0.375 e. The predicted molar refractivity (Wildman–Crippen MR) is 120 cm³/mol. The number of carbonyl (C=O) groups is 1. The molecule has 0 saturated carbocycles. The van der Waals surface area contributed by atoms with Crippen molar-refractivity contribution in [3.05, 3.63) is 67.7 Å². The first-order chi connectivity index (χ1) is 16.2. The van der Waals surface area contributed by atoms with E-state index in [1.807, 2.05) is 0 Å². The van der Waals surface area contributed by atoms with Crippen LogP contribution in [-0.4, -0.2) is 34.9 Å². The van der Waals surface area contributed by atoms with Gasteiger partial charge in [-0.2, -0.15) is 4.39 Å². The van der Waals surface area contributed by atoms with Crippen molar-refractivity contribution in [1.82, 2.24) is 9.13 Å². The van der Waals surface area contributed by atoms with Crippen LogP contribution in [0.5, 0.6) is 0 Å². The van der Waals surface area contributed by atoms with Gasteiger partial charge in [0.1, 0.15) is 12.8 Å². The second-order valence-corrected chi connectivity index (χ2v) is 9.80. The second-order valence-electron chi connectivity index (χ2n) is 7.30. The fraction of sp³-hybridized carbons (Fsp3) is 0.476. The Morgan fingerprint density at radius 1 is 1.24 bits per heavy atom. The summed E-state index contributed by atoms with van der Waals surface area (Å²) in [7, 11) is -4.04. The van der Waals surface area contributed by atoms with Crippen LogP contribution in [0.25, 0.3) is 0 Å². The topological polar surface area (TPSA) is 115 Å². The first kappa shape index (κ1) is 26.3. The van der Waals surface area contributed by atoms with Gasteiger partial charge < -0.3 is 18.5 Å². The normalized spacial score (nSPS) is 17.0. The van der Waals surface area contributed by atoms with Crippen molar-refractivity contribution in [2.75, 3.05) is 19.8 Å². The lowest BCUT2D eigenvalue weighted by Crippen LogP contribution is -2.44.